The molecule has 106 valence electrons. The lowest BCUT2D eigenvalue weighted by molar-refractivity contribution is 0.0894. The maximum atomic E-state index is 12.9. The number of aryl methyl sites for hydroxylation is 2. The van der Waals surface area contributed by atoms with Gasteiger partial charge in [-0.1, -0.05) is 6.07 Å². The molecule has 0 saturated carbocycles. The summed E-state index contributed by atoms with van der Waals surface area (Å²) in [4.78, 5) is 20.3. The monoisotopic (exact) mass is 279 g/mol. The van der Waals surface area contributed by atoms with Crippen molar-refractivity contribution in [2.75, 3.05) is 0 Å². The van der Waals surface area contributed by atoms with Crippen molar-refractivity contribution in [3.63, 3.8) is 0 Å². The molecule has 0 fully saturated rings. The van der Waals surface area contributed by atoms with Crippen molar-refractivity contribution in [1.29, 1.82) is 0 Å². The highest BCUT2D eigenvalue weighted by Gasteiger charge is 2.31. The third-order valence-corrected chi connectivity index (χ3v) is 4.50. The first-order chi connectivity index (χ1) is 10.2. The molecule has 0 aliphatic heterocycles. The van der Waals surface area contributed by atoms with Gasteiger partial charge in [0.05, 0.1) is 17.7 Å². The first kappa shape index (κ1) is 12.4. The van der Waals surface area contributed by atoms with E-state index in [1.165, 1.54) is 5.56 Å². The Labute approximate surface area is 122 Å². The molecule has 1 unspecified atom stereocenters. The van der Waals surface area contributed by atoms with E-state index < -0.39 is 0 Å². The van der Waals surface area contributed by atoms with Crippen LogP contribution in [0.25, 0.3) is 5.52 Å². The van der Waals surface area contributed by atoms with Crippen LogP contribution in [0.1, 0.15) is 33.9 Å². The summed E-state index contributed by atoms with van der Waals surface area (Å²) in [5.74, 6) is 0.294. The zero-order valence-corrected chi connectivity index (χ0v) is 12.0. The lowest BCUT2D eigenvalue weighted by Crippen LogP contribution is -2.25. The van der Waals surface area contributed by atoms with Gasteiger partial charge in [-0.05, 0) is 43.5 Å². The Hall–Kier alpha value is -2.36. The zero-order chi connectivity index (χ0) is 14.4. The van der Waals surface area contributed by atoms with Crippen LogP contribution in [0.4, 0.5) is 0 Å². The van der Waals surface area contributed by atoms with Crippen molar-refractivity contribution in [3.05, 3.63) is 59.4 Å². The van der Waals surface area contributed by atoms with Crippen molar-refractivity contribution >= 4 is 11.3 Å². The summed E-state index contributed by atoms with van der Waals surface area (Å²) in [6.07, 6.45) is 6.30. The standard InChI is InChI=1S/C17H17N3O/c1-11-15(19-10-18-11)9-13-6-5-12-8-14-4-2-3-7-20(14)16(12)17(13)21/h2-4,7-8,10,13H,5-6,9H2,1H3,(H,18,19). The van der Waals surface area contributed by atoms with Crippen LogP contribution in [0.2, 0.25) is 0 Å². The van der Waals surface area contributed by atoms with Gasteiger partial charge in [0.25, 0.3) is 0 Å². The van der Waals surface area contributed by atoms with E-state index in [0.29, 0.717) is 0 Å². The molecule has 0 amide bonds. The molecule has 1 aliphatic carbocycles. The van der Waals surface area contributed by atoms with Gasteiger partial charge < -0.3 is 9.38 Å². The van der Waals surface area contributed by atoms with Crippen molar-refractivity contribution in [1.82, 2.24) is 14.4 Å². The molecule has 0 saturated heterocycles. The highest BCUT2D eigenvalue weighted by atomic mass is 16.1. The highest BCUT2D eigenvalue weighted by Crippen LogP contribution is 2.30. The fourth-order valence-electron chi connectivity index (χ4n) is 3.32. The Morgan fingerprint density at radius 2 is 2.33 bits per heavy atom. The van der Waals surface area contributed by atoms with Gasteiger partial charge in [-0.2, -0.15) is 0 Å². The largest absolute Gasteiger partial charge is 0.348 e. The van der Waals surface area contributed by atoms with Crippen molar-refractivity contribution in [2.24, 2.45) is 5.92 Å². The smallest absolute Gasteiger partial charge is 0.183 e. The molecular weight excluding hydrogens is 262 g/mol. The average Bonchev–Trinajstić information content (AvgIpc) is 3.06. The summed E-state index contributed by atoms with van der Waals surface area (Å²) in [6.45, 7) is 2.01. The molecule has 1 aliphatic rings. The van der Waals surface area contributed by atoms with Gasteiger partial charge in [0.15, 0.2) is 5.78 Å². The van der Waals surface area contributed by atoms with Crippen molar-refractivity contribution in [3.8, 4) is 0 Å². The van der Waals surface area contributed by atoms with E-state index in [4.69, 9.17) is 0 Å². The minimum atomic E-state index is 0.0396. The molecule has 0 aromatic carbocycles. The van der Waals surface area contributed by atoms with Crippen LogP contribution in [0, 0.1) is 12.8 Å². The summed E-state index contributed by atoms with van der Waals surface area (Å²) < 4.78 is 2.03. The maximum absolute atomic E-state index is 12.9. The van der Waals surface area contributed by atoms with Gasteiger partial charge in [-0.15, -0.1) is 0 Å². The first-order valence-corrected chi connectivity index (χ1v) is 7.36. The summed E-state index contributed by atoms with van der Waals surface area (Å²) in [7, 11) is 0. The van der Waals surface area contributed by atoms with Gasteiger partial charge in [0.1, 0.15) is 0 Å². The molecule has 3 heterocycles. The Bertz CT molecular complexity index is 828. The number of Topliss-reactive ketones (excluding diaryl/α,β-unsaturated/α-hetero) is 1. The summed E-state index contributed by atoms with van der Waals surface area (Å²) >= 11 is 0. The molecule has 3 aromatic heterocycles. The third kappa shape index (κ3) is 1.90. The normalized spacial score (nSPS) is 18.1. The molecule has 3 aromatic rings. The zero-order valence-electron chi connectivity index (χ0n) is 12.0. The number of nitrogens with one attached hydrogen (secondary N) is 1. The second-order valence-electron chi connectivity index (χ2n) is 5.79. The Morgan fingerprint density at radius 3 is 3.14 bits per heavy atom. The van der Waals surface area contributed by atoms with Crippen LogP contribution in [-0.2, 0) is 12.8 Å². The number of aromatic nitrogens is 3. The minimum Gasteiger partial charge on any atom is -0.348 e. The van der Waals surface area contributed by atoms with Crippen LogP contribution in [0.5, 0.6) is 0 Å². The number of ketones is 1. The summed E-state index contributed by atoms with van der Waals surface area (Å²) in [6, 6.07) is 8.18. The SMILES string of the molecule is Cc1[nH]cnc1CC1CCc2cc3ccccn3c2C1=O. The number of imidazole rings is 1. The molecule has 4 nitrogen and oxygen atoms in total. The maximum Gasteiger partial charge on any atom is 0.183 e. The van der Waals surface area contributed by atoms with Gasteiger partial charge in [0, 0.05) is 29.7 Å². The Morgan fingerprint density at radius 1 is 1.43 bits per heavy atom. The molecular formula is C17H17N3O. The minimum absolute atomic E-state index is 0.0396. The fourth-order valence-corrected chi connectivity index (χ4v) is 3.32. The third-order valence-electron chi connectivity index (χ3n) is 4.50. The predicted molar refractivity (Wildman–Crippen MR) is 80.6 cm³/mol. The van der Waals surface area contributed by atoms with Crippen LogP contribution >= 0.6 is 0 Å². The Kier molecular flexibility index (Phi) is 2.70. The molecule has 4 rings (SSSR count). The quantitative estimate of drug-likeness (QED) is 0.784. The van der Waals surface area contributed by atoms with E-state index in [1.807, 2.05) is 29.7 Å². The topological polar surface area (TPSA) is 50.2 Å². The highest BCUT2D eigenvalue weighted by molar-refractivity contribution is 6.00. The molecule has 1 atom stereocenters. The van der Waals surface area contributed by atoms with E-state index in [2.05, 4.69) is 22.1 Å². The second-order valence-corrected chi connectivity index (χ2v) is 5.79. The van der Waals surface area contributed by atoms with E-state index in [0.717, 1.165) is 41.9 Å². The van der Waals surface area contributed by atoms with E-state index >= 15 is 0 Å². The number of rotatable bonds is 2. The van der Waals surface area contributed by atoms with Crippen LogP contribution in [0.15, 0.2) is 36.8 Å². The lowest BCUT2D eigenvalue weighted by atomic mass is 9.83. The predicted octanol–water partition coefficient (Wildman–Crippen LogP) is 2.96. The van der Waals surface area contributed by atoms with Gasteiger partial charge in [0.2, 0.25) is 0 Å². The van der Waals surface area contributed by atoms with E-state index in [1.54, 1.807) is 6.33 Å². The number of fused-ring (bicyclic) bond motifs is 3. The number of carbonyl (C=O) groups is 1. The number of pyridine rings is 1. The Balaban J connectivity index is 1.73. The number of hydrogen-bond donors (Lipinski definition) is 1. The number of hydrogen-bond acceptors (Lipinski definition) is 2. The number of H-pyrrole nitrogens is 1. The molecule has 0 bridgehead atoms. The van der Waals surface area contributed by atoms with Gasteiger partial charge in [-0.3, -0.25) is 4.79 Å². The molecule has 0 radical (unpaired) electrons. The fraction of sp³-hybridized carbons (Fsp3) is 0.294. The molecule has 0 spiro atoms. The molecule has 1 N–H and O–H groups in total. The molecule has 4 heteroatoms. The summed E-state index contributed by atoms with van der Waals surface area (Å²) in [5.41, 5.74) is 5.23. The molecule has 21 heavy (non-hydrogen) atoms. The van der Waals surface area contributed by atoms with Crippen LogP contribution in [-0.4, -0.2) is 20.2 Å². The van der Waals surface area contributed by atoms with E-state index in [-0.39, 0.29) is 11.7 Å². The average molecular weight is 279 g/mol. The first-order valence-electron chi connectivity index (χ1n) is 7.36. The van der Waals surface area contributed by atoms with Gasteiger partial charge in [-0.25, -0.2) is 4.98 Å². The van der Waals surface area contributed by atoms with E-state index in [9.17, 15) is 4.79 Å². The lowest BCUT2D eigenvalue weighted by Gasteiger charge is -2.21. The van der Waals surface area contributed by atoms with Crippen molar-refractivity contribution in [2.45, 2.75) is 26.2 Å². The summed E-state index contributed by atoms with van der Waals surface area (Å²) in [5, 5.41) is 0. The van der Waals surface area contributed by atoms with Crippen LogP contribution in [0.3, 0.4) is 0 Å². The van der Waals surface area contributed by atoms with Gasteiger partial charge >= 0.3 is 0 Å². The number of carbonyl (C=O) groups excluding carboxylic acids is 1. The van der Waals surface area contributed by atoms with Crippen LogP contribution < -0.4 is 0 Å². The number of nitrogens with zero attached hydrogens (tertiary/aromatic N) is 2. The second kappa shape index (κ2) is 4.58. The van der Waals surface area contributed by atoms with Crippen molar-refractivity contribution < 1.29 is 4.79 Å². The number of aromatic amines is 1.